The summed E-state index contributed by atoms with van der Waals surface area (Å²) in [7, 11) is 4.09. The molecule has 2 aromatic rings. The Morgan fingerprint density at radius 1 is 1.26 bits per heavy atom. The predicted molar refractivity (Wildman–Crippen MR) is 77.3 cm³/mol. The number of aromatic nitrogens is 1. The van der Waals surface area contributed by atoms with Gasteiger partial charge in [-0.3, -0.25) is 0 Å². The quantitative estimate of drug-likeness (QED) is 0.896. The minimum atomic E-state index is 0.285. The van der Waals surface area contributed by atoms with E-state index >= 15 is 0 Å². The molecular formula is C15H21N3O. The molecule has 0 spiro atoms. The van der Waals surface area contributed by atoms with E-state index in [2.05, 4.69) is 46.6 Å². The van der Waals surface area contributed by atoms with Crippen LogP contribution in [0.1, 0.15) is 30.0 Å². The van der Waals surface area contributed by atoms with Gasteiger partial charge in [-0.1, -0.05) is 17.3 Å². The molecule has 1 atom stereocenters. The molecule has 1 aromatic carbocycles. The van der Waals surface area contributed by atoms with Crippen molar-refractivity contribution in [2.24, 2.45) is 0 Å². The standard InChI is InChI=1S/C15H21N3O/c1-11-9-14(17-19-11)10-16-12(2)13-5-7-15(8-6-13)18(3)4/h5-9,12,16H,10H2,1-4H3. The monoisotopic (exact) mass is 259 g/mol. The fourth-order valence-electron chi connectivity index (χ4n) is 1.94. The number of aryl methyl sites for hydroxylation is 1. The van der Waals surface area contributed by atoms with Gasteiger partial charge in [-0.2, -0.15) is 0 Å². The third kappa shape index (κ3) is 3.58. The summed E-state index contributed by atoms with van der Waals surface area (Å²) in [5, 5.41) is 7.42. The maximum Gasteiger partial charge on any atom is 0.133 e. The van der Waals surface area contributed by atoms with Gasteiger partial charge < -0.3 is 14.7 Å². The van der Waals surface area contributed by atoms with Gasteiger partial charge in [0.25, 0.3) is 0 Å². The zero-order valence-electron chi connectivity index (χ0n) is 12.0. The number of nitrogens with one attached hydrogen (secondary N) is 1. The molecule has 1 N–H and O–H groups in total. The van der Waals surface area contributed by atoms with Crippen molar-refractivity contribution in [1.29, 1.82) is 0 Å². The molecule has 0 aliphatic carbocycles. The number of anilines is 1. The van der Waals surface area contributed by atoms with Crippen LogP contribution in [0, 0.1) is 6.92 Å². The molecule has 0 fully saturated rings. The Kier molecular flexibility index (Phi) is 4.22. The van der Waals surface area contributed by atoms with Gasteiger partial charge in [0, 0.05) is 38.4 Å². The molecule has 102 valence electrons. The third-order valence-corrected chi connectivity index (χ3v) is 3.18. The van der Waals surface area contributed by atoms with Crippen LogP contribution in [0.15, 0.2) is 34.9 Å². The van der Waals surface area contributed by atoms with E-state index in [1.807, 2.05) is 27.1 Å². The van der Waals surface area contributed by atoms with Gasteiger partial charge in [0.1, 0.15) is 5.76 Å². The van der Waals surface area contributed by atoms with Crippen molar-refractivity contribution in [2.75, 3.05) is 19.0 Å². The van der Waals surface area contributed by atoms with Gasteiger partial charge in [0.2, 0.25) is 0 Å². The van der Waals surface area contributed by atoms with E-state index < -0.39 is 0 Å². The van der Waals surface area contributed by atoms with Gasteiger partial charge in [0.05, 0.1) is 5.69 Å². The maximum atomic E-state index is 5.05. The van der Waals surface area contributed by atoms with Crippen LogP contribution in [0.5, 0.6) is 0 Å². The van der Waals surface area contributed by atoms with Crippen LogP contribution in [-0.2, 0) is 6.54 Å². The van der Waals surface area contributed by atoms with Gasteiger partial charge in [-0.15, -0.1) is 0 Å². The maximum absolute atomic E-state index is 5.05. The summed E-state index contributed by atoms with van der Waals surface area (Å²) in [6.07, 6.45) is 0. The lowest BCUT2D eigenvalue weighted by Gasteiger charge is -2.16. The highest BCUT2D eigenvalue weighted by molar-refractivity contribution is 5.46. The minimum absolute atomic E-state index is 0.285. The van der Waals surface area contributed by atoms with Crippen molar-refractivity contribution in [2.45, 2.75) is 26.4 Å². The van der Waals surface area contributed by atoms with Crippen LogP contribution < -0.4 is 10.2 Å². The molecule has 1 heterocycles. The molecule has 2 rings (SSSR count). The van der Waals surface area contributed by atoms with Crippen molar-refractivity contribution in [3.63, 3.8) is 0 Å². The molecule has 4 heteroatoms. The van der Waals surface area contributed by atoms with Crippen LogP contribution >= 0.6 is 0 Å². The zero-order chi connectivity index (χ0) is 13.8. The number of hydrogen-bond donors (Lipinski definition) is 1. The SMILES string of the molecule is Cc1cc(CNC(C)c2ccc(N(C)C)cc2)no1. The first kappa shape index (κ1) is 13.6. The third-order valence-electron chi connectivity index (χ3n) is 3.18. The highest BCUT2D eigenvalue weighted by atomic mass is 16.5. The number of benzene rings is 1. The largest absolute Gasteiger partial charge is 0.378 e. The molecule has 0 saturated carbocycles. The fraction of sp³-hybridized carbons (Fsp3) is 0.400. The highest BCUT2D eigenvalue weighted by Crippen LogP contribution is 2.18. The van der Waals surface area contributed by atoms with Crippen molar-refractivity contribution >= 4 is 5.69 Å². The first-order chi connectivity index (χ1) is 9.06. The molecule has 19 heavy (non-hydrogen) atoms. The average molecular weight is 259 g/mol. The summed E-state index contributed by atoms with van der Waals surface area (Å²) >= 11 is 0. The Labute approximate surface area is 114 Å². The summed E-state index contributed by atoms with van der Waals surface area (Å²) in [6.45, 7) is 4.77. The molecule has 0 aliphatic rings. The minimum Gasteiger partial charge on any atom is -0.378 e. The predicted octanol–water partition coefficient (Wildman–Crippen LogP) is 2.90. The molecule has 4 nitrogen and oxygen atoms in total. The van der Waals surface area contributed by atoms with Gasteiger partial charge in [-0.05, 0) is 31.5 Å². The summed E-state index contributed by atoms with van der Waals surface area (Å²) in [5.41, 5.74) is 3.42. The summed E-state index contributed by atoms with van der Waals surface area (Å²) in [4.78, 5) is 2.10. The molecule has 0 radical (unpaired) electrons. The van der Waals surface area contributed by atoms with Crippen molar-refractivity contribution in [1.82, 2.24) is 10.5 Å². The molecule has 0 saturated heterocycles. The van der Waals surface area contributed by atoms with Crippen LogP contribution in [-0.4, -0.2) is 19.3 Å². The lowest BCUT2D eigenvalue weighted by atomic mass is 10.1. The molecular weight excluding hydrogens is 238 g/mol. The topological polar surface area (TPSA) is 41.3 Å². The van der Waals surface area contributed by atoms with Crippen molar-refractivity contribution in [3.05, 3.63) is 47.3 Å². The van der Waals surface area contributed by atoms with Crippen LogP contribution in [0.25, 0.3) is 0 Å². The summed E-state index contributed by atoms with van der Waals surface area (Å²) in [6, 6.07) is 10.8. The van der Waals surface area contributed by atoms with E-state index in [0.29, 0.717) is 6.54 Å². The zero-order valence-corrected chi connectivity index (χ0v) is 12.0. The van der Waals surface area contributed by atoms with Gasteiger partial charge >= 0.3 is 0 Å². The molecule has 0 aliphatic heterocycles. The Hall–Kier alpha value is -1.81. The molecule has 1 aromatic heterocycles. The smallest absolute Gasteiger partial charge is 0.133 e. The molecule has 0 bridgehead atoms. The number of hydrogen-bond acceptors (Lipinski definition) is 4. The van der Waals surface area contributed by atoms with Crippen molar-refractivity contribution in [3.8, 4) is 0 Å². The Balaban J connectivity index is 1.94. The Bertz CT molecular complexity index is 516. The van der Waals surface area contributed by atoms with Crippen LogP contribution in [0.3, 0.4) is 0 Å². The van der Waals surface area contributed by atoms with Gasteiger partial charge in [0.15, 0.2) is 0 Å². The van der Waals surface area contributed by atoms with E-state index in [9.17, 15) is 0 Å². The first-order valence-corrected chi connectivity index (χ1v) is 6.49. The average Bonchev–Trinajstić information content (AvgIpc) is 2.82. The Morgan fingerprint density at radius 2 is 1.95 bits per heavy atom. The van der Waals surface area contributed by atoms with E-state index in [1.165, 1.54) is 11.3 Å². The first-order valence-electron chi connectivity index (χ1n) is 6.49. The van der Waals surface area contributed by atoms with Crippen LogP contribution in [0.2, 0.25) is 0 Å². The lowest BCUT2D eigenvalue weighted by Crippen LogP contribution is -2.18. The fourth-order valence-corrected chi connectivity index (χ4v) is 1.94. The number of nitrogens with zero attached hydrogens (tertiary/aromatic N) is 2. The second-order valence-corrected chi connectivity index (χ2v) is 5.02. The van der Waals surface area contributed by atoms with E-state index in [-0.39, 0.29) is 6.04 Å². The highest BCUT2D eigenvalue weighted by Gasteiger charge is 2.07. The second-order valence-electron chi connectivity index (χ2n) is 5.02. The normalized spacial score (nSPS) is 12.4. The Morgan fingerprint density at radius 3 is 2.47 bits per heavy atom. The second kappa shape index (κ2) is 5.89. The lowest BCUT2D eigenvalue weighted by molar-refractivity contribution is 0.386. The summed E-state index contributed by atoms with van der Waals surface area (Å²) in [5.74, 6) is 0.847. The van der Waals surface area contributed by atoms with E-state index in [0.717, 1.165) is 11.5 Å². The molecule has 1 unspecified atom stereocenters. The van der Waals surface area contributed by atoms with E-state index in [4.69, 9.17) is 4.52 Å². The summed E-state index contributed by atoms with van der Waals surface area (Å²) < 4.78 is 5.05. The van der Waals surface area contributed by atoms with E-state index in [1.54, 1.807) is 0 Å². The van der Waals surface area contributed by atoms with Crippen molar-refractivity contribution < 1.29 is 4.52 Å². The number of rotatable bonds is 5. The van der Waals surface area contributed by atoms with Crippen LogP contribution in [0.4, 0.5) is 5.69 Å². The molecule has 0 amide bonds. The van der Waals surface area contributed by atoms with Gasteiger partial charge in [-0.25, -0.2) is 0 Å².